The fourth-order valence-electron chi connectivity index (χ4n) is 1.34. The standard InChI is InChI=1S/C11H16ClNO2S/c1-8(2)13-16(14,15)11-5-4-9(3)10(6-11)7-12/h4-6,8,13H,7H2,1-3H3. The first-order valence-electron chi connectivity index (χ1n) is 5.04. The van der Waals surface area contributed by atoms with E-state index in [0.717, 1.165) is 11.1 Å². The van der Waals surface area contributed by atoms with Crippen molar-refractivity contribution < 1.29 is 8.42 Å². The molecule has 5 heteroatoms. The number of halogens is 1. The number of benzene rings is 1. The number of hydrogen-bond acceptors (Lipinski definition) is 2. The van der Waals surface area contributed by atoms with Crippen LogP contribution in [0.5, 0.6) is 0 Å². The highest BCUT2D eigenvalue weighted by Gasteiger charge is 2.15. The van der Waals surface area contributed by atoms with E-state index in [0.29, 0.717) is 5.88 Å². The summed E-state index contributed by atoms with van der Waals surface area (Å²) in [5.41, 5.74) is 1.84. The Morgan fingerprint density at radius 1 is 1.38 bits per heavy atom. The molecule has 0 unspecified atom stereocenters. The van der Waals surface area contributed by atoms with Crippen LogP contribution in [-0.2, 0) is 15.9 Å². The van der Waals surface area contributed by atoms with Crippen molar-refractivity contribution in [2.75, 3.05) is 0 Å². The van der Waals surface area contributed by atoms with Crippen molar-refractivity contribution in [3.8, 4) is 0 Å². The summed E-state index contributed by atoms with van der Waals surface area (Å²) in [6.45, 7) is 5.48. The van der Waals surface area contributed by atoms with Crippen LogP contribution < -0.4 is 4.72 Å². The summed E-state index contributed by atoms with van der Waals surface area (Å²) in [5, 5.41) is 0. The zero-order chi connectivity index (χ0) is 12.3. The maximum Gasteiger partial charge on any atom is 0.240 e. The summed E-state index contributed by atoms with van der Waals surface area (Å²) < 4.78 is 26.3. The highest BCUT2D eigenvalue weighted by molar-refractivity contribution is 7.89. The Morgan fingerprint density at radius 2 is 2.00 bits per heavy atom. The molecule has 1 aromatic rings. The Labute approximate surface area is 102 Å². The van der Waals surface area contributed by atoms with Crippen LogP contribution in [0, 0.1) is 6.92 Å². The molecular weight excluding hydrogens is 246 g/mol. The molecule has 0 aliphatic heterocycles. The molecular formula is C11H16ClNO2S. The van der Waals surface area contributed by atoms with Crippen LogP contribution in [0.3, 0.4) is 0 Å². The highest BCUT2D eigenvalue weighted by Crippen LogP contribution is 2.17. The van der Waals surface area contributed by atoms with Gasteiger partial charge >= 0.3 is 0 Å². The van der Waals surface area contributed by atoms with Gasteiger partial charge < -0.3 is 0 Å². The molecule has 0 fully saturated rings. The zero-order valence-electron chi connectivity index (χ0n) is 9.62. The number of rotatable bonds is 4. The maximum atomic E-state index is 11.9. The molecule has 1 aromatic carbocycles. The Kier molecular flexibility index (Phi) is 4.35. The first-order chi connectivity index (χ1) is 7.36. The van der Waals surface area contributed by atoms with Gasteiger partial charge in [-0.25, -0.2) is 13.1 Å². The van der Waals surface area contributed by atoms with Crippen LogP contribution in [-0.4, -0.2) is 14.5 Å². The predicted octanol–water partition coefficient (Wildman–Crippen LogP) is 2.42. The first-order valence-corrected chi connectivity index (χ1v) is 7.06. The highest BCUT2D eigenvalue weighted by atomic mass is 35.5. The van der Waals surface area contributed by atoms with Crippen molar-refractivity contribution >= 4 is 21.6 Å². The zero-order valence-corrected chi connectivity index (χ0v) is 11.2. The Bertz CT molecular complexity index is 469. The van der Waals surface area contributed by atoms with Crippen LogP contribution in [0.25, 0.3) is 0 Å². The van der Waals surface area contributed by atoms with E-state index in [1.54, 1.807) is 32.0 Å². The molecule has 0 aliphatic carbocycles. The molecule has 1 N–H and O–H groups in total. The third-order valence-electron chi connectivity index (χ3n) is 2.17. The van der Waals surface area contributed by atoms with Gasteiger partial charge in [0.25, 0.3) is 0 Å². The third kappa shape index (κ3) is 3.20. The van der Waals surface area contributed by atoms with Gasteiger partial charge in [-0.3, -0.25) is 0 Å². The molecule has 0 radical (unpaired) electrons. The summed E-state index contributed by atoms with van der Waals surface area (Å²) in [5.74, 6) is 0.316. The summed E-state index contributed by atoms with van der Waals surface area (Å²) in [4.78, 5) is 0.266. The molecule has 0 spiro atoms. The molecule has 0 heterocycles. The van der Waals surface area contributed by atoms with E-state index >= 15 is 0 Å². The number of hydrogen-bond donors (Lipinski definition) is 1. The minimum Gasteiger partial charge on any atom is -0.209 e. The average molecular weight is 262 g/mol. The van der Waals surface area contributed by atoms with Gasteiger partial charge in [0.1, 0.15) is 0 Å². The topological polar surface area (TPSA) is 46.2 Å². The predicted molar refractivity (Wildman–Crippen MR) is 66.2 cm³/mol. The molecule has 0 atom stereocenters. The molecule has 16 heavy (non-hydrogen) atoms. The largest absolute Gasteiger partial charge is 0.240 e. The Balaban J connectivity index is 3.14. The molecule has 0 aliphatic rings. The van der Waals surface area contributed by atoms with Crippen molar-refractivity contribution in [3.63, 3.8) is 0 Å². The molecule has 0 aromatic heterocycles. The average Bonchev–Trinajstić information content (AvgIpc) is 2.16. The van der Waals surface area contributed by atoms with Gasteiger partial charge in [-0.15, -0.1) is 11.6 Å². The van der Waals surface area contributed by atoms with Crippen molar-refractivity contribution in [2.45, 2.75) is 37.6 Å². The van der Waals surface area contributed by atoms with Crippen LogP contribution >= 0.6 is 11.6 Å². The lowest BCUT2D eigenvalue weighted by atomic mass is 10.1. The Morgan fingerprint density at radius 3 is 2.50 bits per heavy atom. The van der Waals surface area contributed by atoms with Gasteiger partial charge in [0.15, 0.2) is 0 Å². The minimum atomic E-state index is -3.42. The van der Waals surface area contributed by atoms with E-state index in [4.69, 9.17) is 11.6 Å². The van der Waals surface area contributed by atoms with Gasteiger partial charge in [0.2, 0.25) is 10.0 Å². The summed E-state index contributed by atoms with van der Waals surface area (Å²) in [7, 11) is -3.42. The van der Waals surface area contributed by atoms with Gasteiger partial charge in [-0.1, -0.05) is 6.07 Å². The van der Waals surface area contributed by atoms with Crippen LogP contribution in [0.15, 0.2) is 23.1 Å². The molecule has 1 rings (SSSR count). The van der Waals surface area contributed by atoms with Crippen LogP contribution in [0.1, 0.15) is 25.0 Å². The smallest absolute Gasteiger partial charge is 0.209 e. The normalized spacial score (nSPS) is 12.1. The summed E-state index contributed by atoms with van der Waals surface area (Å²) >= 11 is 5.74. The summed E-state index contributed by atoms with van der Waals surface area (Å²) in [6.07, 6.45) is 0. The fraction of sp³-hybridized carbons (Fsp3) is 0.455. The quantitative estimate of drug-likeness (QED) is 0.846. The van der Waals surface area contributed by atoms with E-state index < -0.39 is 10.0 Å². The molecule has 0 amide bonds. The minimum absolute atomic E-state index is 0.120. The number of nitrogens with one attached hydrogen (secondary N) is 1. The lowest BCUT2D eigenvalue weighted by Crippen LogP contribution is -2.30. The fourth-order valence-corrected chi connectivity index (χ4v) is 2.93. The van der Waals surface area contributed by atoms with Gasteiger partial charge in [-0.05, 0) is 44.0 Å². The van der Waals surface area contributed by atoms with Crippen molar-refractivity contribution in [1.82, 2.24) is 4.72 Å². The first kappa shape index (κ1) is 13.5. The third-order valence-corrected chi connectivity index (χ3v) is 4.11. The second kappa shape index (κ2) is 5.17. The number of alkyl halides is 1. The SMILES string of the molecule is Cc1ccc(S(=O)(=O)NC(C)C)cc1CCl. The molecule has 3 nitrogen and oxygen atoms in total. The van der Waals surface area contributed by atoms with E-state index in [2.05, 4.69) is 4.72 Å². The lowest BCUT2D eigenvalue weighted by Gasteiger charge is -2.11. The second-order valence-corrected chi connectivity index (χ2v) is 5.98. The van der Waals surface area contributed by atoms with E-state index in [-0.39, 0.29) is 10.9 Å². The number of sulfonamides is 1. The van der Waals surface area contributed by atoms with Crippen LogP contribution in [0.4, 0.5) is 0 Å². The van der Waals surface area contributed by atoms with Crippen molar-refractivity contribution in [3.05, 3.63) is 29.3 Å². The molecule has 0 saturated heterocycles. The molecule has 0 bridgehead atoms. The molecule has 90 valence electrons. The van der Waals surface area contributed by atoms with E-state index in [9.17, 15) is 8.42 Å². The number of aryl methyl sites for hydroxylation is 1. The van der Waals surface area contributed by atoms with Crippen LogP contribution in [0.2, 0.25) is 0 Å². The van der Waals surface area contributed by atoms with E-state index in [1.165, 1.54) is 0 Å². The second-order valence-electron chi connectivity index (χ2n) is 4.00. The van der Waals surface area contributed by atoms with Gasteiger partial charge in [0, 0.05) is 11.9 Å². The van der Waals surface area contributed by atoms with Crippen molar-refractivity contribution in [2.24, 2.45) is 0 Å². The van der Waals surface area contributed by atoms with Crippen molar-refractivity contribution in [1.29, 1.82) is 0 Å². The maximum absolute atomic E-state index is 11.9. The van der Waals surface area contributed by atoms with E-state index in [1.807, 2.05) is 6.92 Å². The monoisotopic (exact) mass is 261 g/mol. The van der Waals surface area contributed by atoms with Gasteiger partial charge in [0.05, 0.1) is 4.90 Å². The Hall–Kier alpha value is -0.580. The lowest BCUT2D eigenvalue weighted by molar-refractivity contribution is 0.570. The molecule has 0 saturated carbocycles. The van der Waals surface area contributed by atoms with Gasteiger partial charge in [-0.2, -0.15) is 0 Å². The summed E-state index contributed by atoms with van der Waals surface area (Å²) in [6, 6.07) is 4.86.